The first-order chi connectivity index (χ1) is 8.15. The van der Waals surface area contributed by atoms with Crippen molar-refractivity contribution in [2.75, 3.05) is 0 Å². The van der Waals surface area contributed by atoms with Gasteiger partial charge in [0, 0.05) is 17.7 Å². The highest BCUT2D eigenvalue weighted by Crippen LogP contribution is 2.32. The molecule has 0 bridgehead atoms. The summed E-state index contributed by atoms with van der Waals surface area (Å²) in [4.78, 5) is 25.4. The van der Waals surface area contributed by atoms with Gasteiger partial charge in [0.25, 0.3) is 11.8 Å². The number of carbonyl (C=O) groups is 2. The third-order valence-corrected chi connectivity index (χ3v) is 4.08. The normalized spacial score (nSPS) is 24.1. The predicted octanol–water partition coefficient (Wildman–Crippen LogP) is 2.66. The molecule has 0 aromatic heterocycles. The van der Waals surface area contributed by atoms with Gasteiger partial charge in [-0.25, -0.2) is 0 Å². The second kappa shape index (κ2) is 5.03. The highest BCUT2D eigenvalue weighted by atomic mass is 16.2. The van der Waals surface area contributed by atoms with E-state index in [1.165, 1.54) is 30.2 Å². The standard InChI is InChI=1S/C14H21NO2/c1-3-12(11-7-5-4-6-8-11)15-13(16)9-10(2)14(15)17/h9,11-12H,3-8H2,1-2H3. The van der Waals surface area contributed by atoms with Gasteiger partial charge in [0.2, 0.25) is 0 Å². The number of imide groups is 1. The average molecular weight is 235 g/mol. The smallest absolute Gasteiger partial charge is 0.256 e. The molecule has 1 fully saturated rings. The molecule has 0 spiro atoms. The molecular formula is C14H21NO2. The van der Waals surface area contributed by atoms with Gasteiger partial charge in [0.15, 0.2) is 0 Å². The van der Waals surface area contributed by atoms with E-state index in [9.17, 15) is 9.59 Å². The Kier molecular flexibility index (Phi) is 3.65. The van der Waals surface area contributed by atoms with E-state index in [2.05, 4.69) is 6.92 Å². The molecule has 0 aromatic rings. The van der Waals surface area contributed by atoms with Gasteiger partial charge in [-0.15, -0.1) is 0 Å². The van der Waals surface area contributed by atoms with Crippen molar-refractivity contribution in [2.45, 2.75) is 58.4 Å². The van der Waals surface area contributed by atoms with Crippen molar-refractivity contribution in [2.24, 2.45) is 5.92 Å². The van der Waals surface area contributed by atoms with Gasteiger partial charge in [-0.05, 0) is 32.1 Å². The minimum atomic E-state index is -0.107. The van der Waals surface area contributed by atoms with Crippen LogP contribution in [0.5, 0.6) is 0 Å². The Hall–Kier alpha value is -1.12. The van der Waals surface area contributed by atoms with Crippen molar-refractivity contribution in [3.05, 3.63) is 11.6 Å². The molecule has 3 nitrogen and oxygen atoms in total. The van der Waals surface area contributed by atoms with Crippen LogP contribution in [0.15, 0.2) is 11.6 Å². The topological polar surface area (TPSA) is 37.4 Å². The number of rotatable bonds is 3. The Morgan fingerprint density at radius 1 is 1.29 bits per heavy atom. The van der Waals surface area contributed by atoms with E-state index in [1.807, 2.05) is 0 Å². The minimum Gasteiger partial charge on any atom is -0.272 e. The van der Waals surface area contributed by atoms with Crippen molar-refractivity contribution in [3.63, 3.8) is 0 Å². The van der Waals surface area contributed by atoms with Gasteiger partial charge >= 0.3 is 0 Å². The van der Waals surface area contributed by atoms with Crippen LogP contribution in [-0.2, 0) is 9.59 Å². The molecule has 2 aliphatic rings. The summed E-state index contributed by atoms with van der Waals surface area (Å²) in [7, 11) is 0. The van der Waals surface area contributed by atoms with Crippen LogP contribution in [-0.4, -0.2) is 22.8 Å². The molecule has 0 aromatic carbocycles. The van der Waals surface area contributed by atoms with Crippen LogP contribution in [0.25, 0.3) is 0 Å². The summed E-state index contributed by atoms with van der Waals surface area (Å²) in [6, 6.07) is 0.115. The highest BCUT2D eigenvalue weighted by Gasteiger charge is 2.37. The largest absolute Gasteiger partial charge is 0.272 e. The summed E-state index contributed by atoms with van der Waals surface area (Å²) in [5.41, 5.74) is 0.587. The maximum atomic E-state index is 12.0. The maximum Gasteiger partial charge on any atom is 0.256 e. The fraction of sp³-hybridized carbons (Fsp3) is 0.714. The van der Waals surface area contributed by atoms with E-state index in [0.29, 0.717) is 11.5 Å². The maximum absolute atomic E-state index is 12.0. The number of hydrogen-bond donors (Lipinski definition) is 0. The molecule has 1 atom stereocenters. The van der Waals surface area contributed by atoms with Crippen LogP contribution < -0.4 is 0 Å². The van der Waals surface area contributed by atoms with Gasteiger partial charge in [-0.2, -0.15) is 0 Å². The first kappa shape index (κ1) is 12.3. The van der Waals surface area contributed by atoms with E-state index in [1.54, 1.807) is 6.92 Å². The van der Waals surface area contributed by atoms with Gasteiger partial charge < -0.3 is 0 Å². The van der Waals surface area contributed by atoms with Crippen LogP contribution in [0.2, 0.25) is 0 Å². The number of amides is 2. The number of nitrogens with zero attached hydrogens (tertiary/aromatic N) is 1. The highest BCUT2D eigenvalue weighted by molar-refractivity contribution is 6.16. The van der Waals surface area contributed by atoms with Crippen molar-refractivity contribution >= 4 is 11.8 Å². The summed E-state index contributed by atoms with van der Waals surface area (Å²) in [5.74, 6) is 0.332. The Bertz CT molecular complexity index is 353. The zero-order chi connectivity index (χ0) is 12.4. The molecule has 2 amide bonds. The van der Waals surface area contributed by atoms with Crippen molar-refractivity contribution in [3.8, 4) is 0 Å². The lowest BCUT2D eigenvalue weighted by Gasteiger charge is -2.35. The van der Waals surface area contributed by atoms with Crippen LogP contribution in [0.3, 0.4) is 0 Å². The van der Waals surface area contributed by atoms with Gasteiger partial charge in [-0.1, -0.05) is 26.2 Å². The Morgan fingerprint density at radius 3 is 2.41 bits per heavy atom. The Morgan fingerprint density at radius 2 is 1.94 bits per heavy atom. The van der Waals surface area contributed by atoms with E-state index >= 15 is 0 Å². The first-order valence-corrected chi connectivity index (χ1v) is 6.71. The van der Waals surface area contributed by atoms with E-state index < -0.39 is 0 Å². The molecule has 1 aliphatic carbocycles. The molecule has 3 heteroatoms. The molecule has 1 saturated carbocycles. The predicted molar refractivity (Wildman–Crippen MR) is 66.3 cm³/mol. The fourth-order valence-electron chi connectivity index (χ4n) is 3.17. The molecule has 1 unspecified atom stereocenters. The van der Waals surface area contributed by atoms with E-state index in [4.69, 9.17) is 0 Å². The van der Waals surface area contributed by atoms with Crippen molar-refractivity contribution in [1.82, 2.24) is 4.90 Å². The van der Waals surface area contributed by atoms with Crippen LogP contribution >= 0.6 is 0 Å². The van der Waals surface area contributed by atoms with Crippen LogP contribution in [0.4, 0.5) is 0 Å². The van der Waals surface area contributed by atoms with Crippen LogP contribution in [0.1, 0.15) is 52.4 Å². The van der Waals surface area contributed by atoms with E-state index in [-0.39, 0.29) is 17.9 Å². The molecule has 0 radical (unpaired) electrons. The summed E-state index contributed by atoms with van der Waals surface area (Å²) < 4.78 is 0. The third kappa shape index (κ3) is 2.28. The summed E-state index contributed by atoms with van der Waals surface area (Å²) in [6.45, 7) is 3.81. The Labute approximate surface area is 103 Å². The summed E-state index contributed by atoms with van der Waals surface area (Å²) in [5, 5.41) is 0. The fourth-order valence-corrected chi connectivity index (χ4v) is 3.17. The van der Waals surface area contributed by atoms with E-state index in [0.717, 1.165) is 19.3 Å². The summed E-state index contributed by atoms with van der Waals surface area (Å²) >= 11 is 0. The minimum absolute atomic E-state index is 0.0765. The second-order valence-electron chi connectivity index (χ2n) is 5.21. The average Bonchev–Trinajstić information content (AvgIpc) is 2.58. The lowest BCUT2D eigenvalue weighted by molar-refractivity contribution is -0.141. The molecule has 0 N–H and O–H groups in total. The van der Waals surface area contributed by atoms with Gasteiger partial charge in [0.1, 0.15) is 0 Å². The third-order valence-electron chi connectivity index (χ3n) is 4.08. The summed E-state index contributed by atoms with van der Waals surface area (Å²) in [6.07, 6.45) is 8.46. The zero-order valence-corrected chi connectivity index (χ0v) is 10.7. The molecule has 2 rings (SSSR count). The monoisotopic (exact) mass is 235 g/mol. The molecule has 0 saturated heterocycles. The van der Waals surface area contributed by atoms with Gasteiger partial charge in [-0.3, -0.25) is 14.5 Å². The molecule has 1 aliphatic heterocycles. The second-order valence-corrected chi connectivity index (χ2v) is 5.21. The zero-order valence-electron chi connectivity index (χ0n) is 10.7. The molecule has 94 valence electrons. The molecular weight excluding hydrogens is 214 g/mol. The van der Waals surface area contributed by atoms with Crippen molar-refractivity contribution < 1.29 is 9.59 Å². The van der Waals surface area contributed by atoms with Crippen LogP contribution in [0, 0.1) is 5.92 Å². The Balaban J connectivity index is 2.13. The molecule has 1 heterocycles. The van der Waals surface area contributed by atoms with Crippen molar-refractivity contribution in [1.29, 1.82) is 0 Å². The molecule has 17 heavy (non-hydrogen) atoms. The number of carbonyl (C=O) groups excluding carboxylic acids is 2. The lowest BCUT2D eigenvalue weighted by atomic mass is 9.82. The SMILES string of the molecule is CCC(C1CCCCC1)N1C(=O)C=C(C)C1=O. The quantitative estimate of drug-likeness (QED) is 0.705. The lowest BCUT2D eigenvalue weighted by Crippen LogP contribution is -2.45. The first-order valence-electron chi connectivity index (χ1n) is 6.71. The van der Waals surface area contributed by atoms with Gasteiger partial charge in [0.05, 0.1) is 0 Å². The number of hydrogen-bond acceptors (Lipinski definition) is 2.